The summed E-state index contributed by atoms with van der Waals surface area (Å²) in [5.74, 6) is 2.77. The van der Waals surface area contributed by atoms with Crippen molar-refractivity contribution < 1.29 is 4.79 Å². The molecule has 2 atom stereocenters. The van der Waals surface area contributed by atoms with E-state index in [1.165, 1.54) is 32.1 Å². The van der Waals surface area contributed by atoms with Crippen molar-refractivity contribution in [3.63, 3.8) is 0 Å². The van der Waals surface area contributed by atoms with Gasteiger partial charge in [0.25, 0.3) is 0 Å². The molecular formula is C10H16OS. The first-order valence-corrected chi connectivity index (χ1v) is 6.00. The Labute approximate surface area is 78.3 Å². The molecule has 0 N–H and O–H groups in total. The van der Waals surface area contributed by atoms with Gasteiger partial charge in [0.1, 0.15) is 0 Å². The highest BCUT2D eigenvalue weighted by Gasteiger charge is 2.37. The first-order chi connectivity index (χ1) is 5.86. The number of fused-ring (bicyclic) bond motifs is 1. The predicted octanol–water partition coefficient (Wildman–Crippen LogP) is 2.85. The molecule has 1 nitrogen and oxygen atoms in total. The fraction of sp³-hybridized carbons (Fsp3) is 0.900. The SMILES string of the molecule is O=C1CC2CC2CCCCCS1. The lowest BCUT2D eigenvalue weighted by Gasteiger charge is -2.04. The predicted molar refractivity (Wildman–Crippen MR) is 52.1 cm³/mol. The molecule has 0 bridgehead atoms. The normalized spacial score (nSPS) is 37.2. The molecule has 0 amide bonds. The van der Waals surface area contributed by atoms with Crippen molar-refractivity contribution in [1.29, 1.82) is 0 Å². The molecule has 0 aromatic carbocycles. The Bertz CT molecular complexity index is 179. The van der Waals surface area contributed by atoms with Crippen LogP contribution in [0, 0.1) is 11.8 Å². The molecule has 68 valence electrons. The minimum absolute atomic E-state index is 0.449. The third-order valence-corrected chi connectivity index (χ3v) is 3.96. The van der Waals surface area contributed by atoms with Crippen LogP contribution in [-0.4, -0.2) is 10.9 Å². The molecule has 2 fully saturated rings. The van der Waals surface area contributed by atoms with E-state index in [1.807, 2.05) is 0 Å². The molecule has 0 aromatic rings. The van der Waals surface area contributed by atoms with Gasteiger partial charge in [0.2, 0.25) is 0 Å². The molecule has 1 aliphatic carbocycles. The van der Waals surface area contributed by atoms with Gasteiger partial charge in [-0.15, -0.1) is 0 Å². The van der Waals surface area contributed by atoms with Gasteiger partial charge in [0, 0.05) is 12.2 Å². The van der Waals surface area contributed by atoms with Crippen LogP contribution < -0.4 is 0 Å². The Morgan fingerprint density at radius 3 is 3.00 bits per heavy atom. The molecule has 1 saturated heterocycles. The Kier molecular flexibility index (Phi) is 2.74. The molecule has 12 heavy (non-hydrogen) atoms. The zero-order chi connectivity index (χ0) is 8.39. The number of rotatable bonds is 0. The van der Waals surface area contributed by atoms with E-state index in [4.69, 9.17) is 0 Å². The van der Waals surface area contributed by atoms with Crippen LogP contribution in [0.5, 0.6) is 0 Å². The van der Waals surface area contributed by atoms with Gasteiger partial charge in [0.15, 0.2) is 5.12 Å². The van der Waals surface area contributed by atoms with Crippen LogP contribution in [0.25, 0.3) is 0 Å². The molecule has 1 heterocycles. The van der Waals surface area contributed by atoms with Gasteiger partial charge in [-0.3, -0.25) is 4.79 Å². The lowest BCUT2D eigenvalue weighted by Crippen LogP contribution is -1.98. The van der Waals surface area contributed by atoms with Crippen LogP contribution >= 0.6 is 11.8 Å². The van der Waals surface area contributed by atoms with Crippen molar-refractivity contribution in [3.8, 4) is 0 Å². The van der Waals surface area contributed by atoms with E-state index in [-0.39, 0.29) is 0 Å². The molecular weight excluding hydrogens is 168 g/mol. The van der Waals surface area contributed by atoms with Gasteiger partial charge in [0.05, 0.1) is 0 Å². The molecule has 1 aliphatic heterocycles. The zero-order valence-electron chi connectivity index (χ0n) is 7.42. The highest BCUT2D eigenvalue weighted by atomic mass is 32.2. The van der Waals surface area contributed by atoms with Gasteiger partial charge in [-0.25, -0.2) is 0 Å². The molecule has 0 radical (unpaired) electrons. The van der Waals surface area contributed by atoms with Crippen LogP contribution in [0.3, 0.4) is 0 Å². The Balaban J connectivity index is 1.82. The van der Waals surface area contributed by atoms with Crippen molar-refractivity contribution in [2.75, 3.05) is 5.75 Å². The van der Waals surface area contributed by atoms with Crippen LogP contribution in [-0.2, 0) is 4.79 Å². The summed E-state index contributed by atoms with van der Waals surface area (Å²) in [5.41, 5.74) is 0. The van der Waals surface area contributed by atoms with Gasteiger partial charge in [-0.1, -0.05) is 31.0 Å². The summed E-state index contributed by atoms with van der Waals surface area (Å²) in [4.78, 5) is 11.3. The lowest BCUT2D eigenvalue weighted by molar-refractivity contribution is -0.111. The van der Waals surface area contributed by atoms with Gasteiger partial charge in [-0.05, 0) is 24.7 Å². The topological polar surface area (TPSA) is 17.1 Å². The zero-order valence-corrected chi connectivity index (χ0v) is 8.24. The summed E-state index contributed by atoms with van der Waals surface area (Å²) in [6.45, 7) is 0. The quantitative estimate of drug-likeness (QED) is 0.576. The van der Waals surface area contributed by atoms with Crippen molar-refractivity contribution >= 4 is 16.9 Å². The standard InChI is InChI=1S/C10H16OS/c11-10-7-9-6-8(9)4-2-1-3-5-12-10/h8-9H,1-7H2. The third-order valence-electron chi connectivity index (χ3n) is 2.98. The minimum Gasteiger partial charge on any atom is -0.287 e. The highest BCUT2D eigenvalue weighted by Crippen LogP contribution is 2.46. The second-order valence-corrected chi connectivity index (χ2v) is 5.18. The Morgan fingerprint density at radius 2 is 2.08 bits per heavy atom. The fourth-order valence-corrected chi connectivity index (χ4v) is 2.97. The van der Waals surface area contributed by atoms with Crippen molar-refractivity contribution in [2.45, 2.75) is 38.5 Å². The van der Waals surface area contributed by atoms with Crippen molar-refractivity contribution in [1.82, 2.24) is 0 Å². The average molecular weight is 184 g/mol. The molecule has 2 rings (SSSR count). The largest absolute Gasteiger partial charge is 0.287 e. The van der Waals surface area contributed by atoms with Crippen LogP contribution in [0.4, 0.5) is 0 Å². The summed E-state index contributed by atoms with van der Waals surface area (Å²) in [6, 6.07) is 0. The minimum atomic E-state index is 0.449. The van der Waals surface area contributed by atoms with E-state index in [0.29, 0.717) is 5.12 Å². The first kappa shape index (κ1) is 8.61. The van der Waals surface area contributed by atoms with E-state index in [9.17, 15) is 4.79 Å². The molecule has 2 unspecified atom stereocenters. The van der Waals surface area contributed by atoms with E-state index in [0.717, 1.165) is 24.0 Å². The maximum absolute atomic E-state index is 11.3. The van der Waals surface area contributed by atoms with E-state index < -0.39 is 0 Å². The number of thioether (sulfide) groups is 1. The summed E-state index contributed by atoms with van der Waals surface area (Å²) in [5, 5.41) is 0.449. The maximum Gasteiger partial charge on any atom is 0.189 e. The third kappa shape index (κ3) is 2.25. The summed E-state index contributed by atoms with van der Waals surface area (Å²) in [7, 11) is 0. The Hall–Kier alpha value is 0.0200. The second-order valence-electron chi connectivity index (χ2n) is 4.03. The second kappa shape index (κ2) is 3.82. The lowest BCUT2D eigenvalue weighted by atomic mass is 10.1. The van der Waals surface area contributed by atoms with E-state index in [2.05, 4.69) is 0 Å². The van der Waals surface area contributed by atoms with E-state index in [1.54, 1.807) is 11.8 Å². The summed E-state index contributed by atoms with van der Waals surface area (Å²) >= 11 is 1.57. The smallest absolute Gasteiger partial charge is 0.189 e. The number of hydrogen-bond acceptors (Lipinski definition) is 2. The van der Waals surface area contributed by atoms with Gasteiger partial charge in [-0.2, -0.15) is 0 Å². The van der Waals surface area contributed by atoms with Crippen molar-refractivity contribution in [3.05, 3.63) is 0 Å². The summed E-state index contributed by atoms with van der Waals surface area (Å²) in [6.07, 6.45) is 7.58. The molecule has 0 spiro atoms. The fourth-order valence-electron chi connectivity index (χ4n) is 2.06. The van der Waals surface area contributed by atoms with Crippen LogP contribution in [0.1, 0.15) is 38.5 Å². The maximum atomic E-state index is 11.3. The number of hydrogen-bond donors (Lipinski definition) is 0. The van der Waals surface area contributed by atoms with Gasteiger partial charge < -0.3 is 0 Å². The van der Waals surface area contributed by atoms with Crippen LogP contribution in [0.2, 0.25) is 0 Å². The van der Waals surface area contributed by atoms with Crippen molar-refractivity contribution in [2.24, 2.45) is 11.8 Å². The van der Waals surface area contributed by atoms with E-state index >= 15 is 0 Å². The Morgan fingerprint density at radius 1 is 1.17 bits per heavy atom. The average Bonchev–Trinajstić information content (AvgIpc) is 2.76. The monoisotopic (exact) mass is 184 g/mol. The molecule has 0 aromatic heterocycles. The molecule has 1 saturated carbocycles. The molecule has 2 heteroatoms. The number of carbonyl (C=O) groups excluding carboxylic acids is 1. The first-order valence-electron chi connectivity index (χ1n) is 5.02. The summed E-state index contributed by atoms with van der Waals surface area (Å²) < 4.78 is 0. The molecule has 2 aliphatic rings. The van der Waals surface area contributed by atoms with Gasteiger partial charge >= 0.3 is 0 Å². The highest BCUT2D eigenvalue weighted by molar-refractivity contribution is 8.13. The number of carbonyl (C=O) groups is 1. The van der Waals surface area contributed by atoms with Crippen LogP contribution in [0.15, 0.2) is 0 Å².